The van der Waals surface area contributed by atoms with Crippen LogP contribution in [0.4, 0.5) is 0 Å². The van der Waals surface area contributed by atoms with Gasteiger partial charge in [-0.3, -0.25) is 38.4 Å². The molecule has 120 heavy (non-hydrogen) atoms. The number of phenols is 3. The van der Waals surface area contributed by atoms with Gasteiger partial charge in [0.1, 0.15) is 95.5 Å². The number of carbonyl (C=O) groups is 8. The zero-order valence-corrected chi connectivity index (χ0v) is 66.9. The van der Waals surface area contributed by atoms with Crippen molar-refractivity contribution in [1.82, 2.24) is 47.9 Å². The Kier molecular flexibility index (Phi) is 29.6. The fraction of sp³-hybridized carbons (Fsp3) is 0.398. The van der Waals surface area contributed by atoms with Crippen molar-refractivity contribution in [2.75, 3.05) is 26.7 Å². The molecule has 10 unspecified atom stereocenters. The SMILES string of the molecule is C.CN[C@H](CC(C)C)C(=O)N[C@H]1C(=O)N[C@@H](CC(N)=O)C(=O)N[C@H]2C(=O)NC3C(=O)N[C@H](C(=O)N[C@@H](C(=O)NCCCCN)c4cc(O)cc(O)c4-c4cc3ccc4O)[C@H](O)c3ccc(c(Cl)c3)Oc3cc2cc(c3OC2OC(CN)C(O)C(O)C2OC2CC(NCc3ccc(-c4ccc(Cl)cc4)cc3)C(O)C(C)O2)Oc2ccc(cc2Cl)[C@H]1O. The number of aliphatic hydroxyl groups is 5. The summed E-state index contributed by atoms with van der Waals surface area (Å²) in [5.74, 6) is -14.4. The first kappa shape index (κ1) is 90.3. The molecule has 37 heteroatoms. The molecule has 7 aliphatic heterocycles. The average Bonchev–Trinajstić information content (AvgIpc) is 0.762. The van der Waals surface area contributed by atoms with Crippen LogP contribution in [-0.4, -0.2) is 194 Å². The number of likely N-dealkylation sites (N-methyl/N-ethyl adjacent to an activating group) is 1. The van der Waals surface area contributed by atoms with Gasteiger partial charge in [0.15, 0.2) is 23.9 Å². The van der Waals surface area contributed by atoms with Gasteiger partial charge in [-0.2, -0.15) is 0 Å². The van der Waals surface area contributed by atoms with Crippen molar-refractivity contribution in [1.29, 1.82) is 0 Å². The van der Waals surface area contributed by atoms with Gasteiger partial charge in [-0.05, 0) is 157 Å². The molecule has 0 aliphatic carbocycles. The fourth-order valence-corrected chi connectivity index (χ4v) is 15.3. The van der Waals surface area contributed by atoms with Gasteiger partial charge in [-0.1, -0.05) is 111 Å². The van der Waals surface area contributed by atoms with E-state index in [1.165, 1.54) is 31.3 Å². The predicted molar refractivity (Wildman–Crippen MR) is 437 cm³/mol. The Morgan fingerprint density at radius 1 is 0.642 bits per heavy atom. The number of hydrogen-bond acceptors (Lipinski definition) is 26. The maximum absolute atomic E-state index is 16.3. The zero-order valence-electron chi connectivity index (χ0n) is 64.6. The number of aromatic hydroxyl groups is 3. The van der Waals surface area contributed by atoms with E-state index in [1.54, 1.807) is 19.1 Å². The Hall–Kier alpha value is -10.5. The number of unbranched alkanes of at least 4 members (excludes halogenated alkanes) is 1. The van der Waals surface area contributed by atoms with Crippen molar-refractivity contribution in [3.05, 3.63) is 176 Å². The summed E-state index contributed by atoms with van der Waals surface area (Å²) in [6.45, 7) is 5.24. The van der Waals surface area contributed by atoms with Gasteiger partial charge in [-0.25, -0.2) is 0 Å². The number of carbonyl (C=O) groups excluding carboxylic acids is 8. The molecule has 7 aromatic rings. The molecule has 7 aliphatic rings. The second-order valence-corrected chi connectivity index (χ2v) is 31.2. The van der Waals surface area contributed by atoms with Crippen LogP contribution in [0, 0.1) is 5.92 Å². The molecule has 23 N–H and O–H groups in total. The van der Waals surface area contributed by atoms with E-state index in [4.69, 9.17) is 80.4 Å². The number of nitrogens with one attached hydrogen (secondary N) is 9. The van der Waals surface area contributed by atoms with Gasteiger partial charge in [0.2, 0.25) is 59.3 Å². The lowest BCUT2D eigenvalue weighted by molar-refractivity contribution is -0.327. The van der Waals surface area contributed by atoms with Gasteiger partial charge in [0, 0.05) is 54.3 Å². The Balaban J connectivity index is 0.0000141. The lowest BCUT2D eigenvalue weighted by Gasteiger charge is -2.45. The number of amides is 8. The summed E-state index contributed by atoms with van der Waals surface area (Å²) < 4.78 is 39.8. The Morgan fingerprint density at radius 2 is 1.26 bits per heavy atom. The van der Waals surface area contributed by atoms with E-state index in [9.17, 15) is 55.2 Å². The quantitative estimate of drug-likeness (QED) is 0.0447. The van der Waals surface area contributed by atoms with Crippen LogP contribution in [0.25, 0.3) is 22.3 Å². The minimum atomic E-state index is -2.33. The van der Waals surface area contributed by atoms with Crippen LogP contribution in [-0.2, 0) is 59.1 Å². The highest BCUT2D eigenvalue weighted by atomic mass is 35.5. The normalized spacial score (nSPS) is 25.9. The molecule has 0 aromatic heterocycles. The van der Waals surface area contributed by atoms with E-state index in [2.05, 4.69) is 47.9 Å². The van der Waals surface area contributed by atoms with E-state index in [1.807, 2.05) is 50.2 Å². The number of halogens is 3. The number of rotatable bonds is 21. The molecule has 34 nitrogen and oxygen atoms in total. The molecule has 2 saturated heterocycles. The van der Waals surface area contributed by atoms with Crippen LogP contribution < -0.4 is 79.3 Å². The summed E-state index contributed by atoms with van der Waals surface area (Å²) in [7, 11) is 1.49. The largest absolute Gasteiger partial charge is 0.508 e. The van der Waals surface area contributed by atoms with Crippen molar-refractivity contribution in [2.24, 2.45) is 23.1 Å². The second-order valence-electron chi connectivity index (χ2n) is 30.0. The van der Waals surface area contributed by atoms with Crippen LogP contribution in [0.5, 0.6) is 46.0 Å². The number of fused-ring (bicyclic) bond motifs is 15. The van der Waals surface area contributed by atoms with E-state index >= 15 is 24.0 Å². The van der Waals surface area contributed by atoms with E-state index in [-0.39, 0.29) is 90.2 Å². The number of primary amides is 1. The Morgan fingerprint density at radius 3 is 1.88 bits per heavy atom. The van der Waals surface area contributed by atoms with Crippen LogP contribution >= 0.6 is 34.8 Å². The number of phenolic OH excluding ortho intramolecular Hbond substituents is 3. The lowest BCUT2D eigenvalue weighted by Crippen LogP contribution is -2.63. The van der Waals surface area contributed by atoms with Crippen molar-refractivity contribution in [3.63, 3.8) is 0 Å². The summed E-state index contributed by atoms with van der Waals surface area (Å²) in [5.41, 5.74) is 18.3. The minimum absolute atomic E-state index is 0. The van der Waals surface area contributed by atoms with Crippen LogP contribution in [0.1, 0.15) is 124 Å². The standard InChI is InChI=1S/C82H93Cl3N12O22.CH4/c1-35(2)23-51(89-4)75(107)96-66-69(103)41-14-19-55(48(84)25-41)115-57-27-43-28-58(73(57)119-82-74(72(106)71(105)59(33-87)117-82)118-61-32-50(68(102)36(3)114-61)91-34-37-7-9-38(10-8-37)39-11-16-44(83)17-12-39)116-56-20-15-42(26-49(56)85)70(104)67-81(113)95-65(77(109)90-22-6-5-21-86)47-29-45(98)30-54(100)62(47)46-24-40(13-18-53(46)99)63(78(110)97-67)94-79(111)64(43)93-76(108)52(31-60(88)101)92-80(66)112;/h7-20,24-30,35-36,50-52,59,61,63-72,74,82,89,91,98-100,102-106H,5-6,21-23,31-34,86-87H2,1-4H3,(H2,88,101)(H,90,109)(H,92,112)(H,93,108)(H,94,111)(H,95,113)(H,96,107)(H,97,110);1H4/t36?,50?,51-,52+,59?,61?,63?,64-,65-,66-,67+,68?,69-,70-,71?,72?,74?,82?;/m1./s1. The Bertz CT molecular complexity index is 4940. The number of benzene rings is 7. The van der Waals surface area contributed by atoms with Gasteiger partial charge in [0.05, 0.1) is 34.7 Å². The second kappa shape index (κ2) is 39.3. The predicted octanol–water partition coefficient (Wildman–Crippen LogP) is 4.24. The van der Waals surface area contributed by atoms with E-state index in [0.29, 0.717) is 17.9 Å². The molecule has 0 saturated carbocycles. The third-order valence-corrected chi connectivity index (χ3v) is 21.9. The summed E-state index contributed by atoms with van der Waals surface area (Å²) in [6, 6.07) is 14.9. The highest BCUT2D eigenvalue weighted by molar-refractivity contribution is 6.32. The third-order valence-electron chi connectivity index (χ3n) is 21.1. The number of aliphatic hydroxyl groups excluding tert-OH is 5. The molecule has 0 spiro atoms. The molecule has 8 amide bonds. The fourth-order valence-electron chi connectivity index (χ4n) is 14.7. The van der Waals surface area contributed by atoms with Crippen molar-refractivity contribution in [2.45, 2.75) is 177 Å². The van der Waals surface area contributed by atoms with Crippen LogP contribution in [0.15, 0.2) is 127 Å². The van der Waals surface area contributed by atoms with Crippen LogP contribution in [0.3, 0.4) is 0 Å². The average molecular weight is 1720 g/mol. The summed E-state index contributed by atoms with van der Waals surface area (Å²) in [5, 5.41) is 120. The molecule has 11 bridgehead atoms. The molecular weight excluding hydrogens is 1620 g/mol. The summed E-state index contributed by atoms with van der Waals surface area (Å²) in [4.78, 5) is 120. The lowest BCUT2D eigenvalue weighted by atomic mass is 9.89. The molecule has 14 rings (SSSR count). The number of nitrogens with two attached hydrogens (primary N) is 3. The zero-order chi connectivity index (χ0) is 85.5. The smallest absolute Gasteiger partial charge is 0.248 e. The van der Waals surface area contributed by atoms with E-state index in [0.717, 1.165) is 71.3 Å². The maximum atomic E-state index is 16.3. The van der Waals surface area contributed by atoms with Crippen LogP contribution in [0.2, 0.25) is 15.1 Å². The van der Waals surface area contributed by atoms with Crippen molar-refractivity contribution >= 4 is 82.1 Å². The van der Waals surface area contributed by atoms with Gasteiger partial charge < -0.3 is 134 Å². The van der Waals surface area contributed by atoms with Gasteiger partial charge >= 0.3 is 0 Å². The molecule has 0 radical (unpaired) electrons. The molecular formula is C83H97Cl3N12O22. The maximum Gasteiger partial charge on any atom is 0.248 e. The topological polar surface area (TPSA) is 540 Å². The third kappa shape index (κ3) is 20.6. The highest BCUT2D eigenvalue weighted by Gasteiger charge is 2.50. The van der Waals surface area contributed by atoms with E-state index < -0.39 is 221 Å². The summed E-state index contributed by atoms with van der Waals surface area (Å²) in [6.07, 6.45) is -16.9. The minimum Gasteiger partial charge on any atom is -0.508 e. The van der Waals surface area contributed by atoms with Crippen molar-refractivity contribution < 1.29 is 108 Å². The first-order valence-electron chi connectivity index (χ1n) is 38.4. The molecule has 7 aromatic carbocycles. The molecule has 18 atom stereocenters. The van der Waals surface area contributed by atoms with Gasteiger partial charge in [0.25, 0.3) is 0 Å². The van der Waals surface area contributed by atoms with Crippen molar-refractivity contribution in [3.8, 4) is 68.2 Å². The first-order valence-corrected chi connectivity index (χ1v) is 39.5. The monoisotopic (exact) mass is 1720 g/mol. The highest BCUT2D eigenvalue weighted by Crippen LogP contribution is 2.50. The Labute approximate surface area is 704 Å². The first-order chi connectivity index (χ1) is 56.8. The molecule has 642 valence electrons. The van der Waals surface area contributed by atoms with Gasteiger partial charge in [-0.15, -0.1) is 0 Å². The number of hydrogen-bond donors (Lipinski definition) is 20. The summed E-state index contributed by atoms with van der Waals surface area (Å²) >= 11 is 20.6. The molecule has 2 fully saturated rings. The molecule has 7 heterocycles. The number of ether oxygens (including phenoxy) is 6.